The lowest BCUT2D eigenvalue weighted by atomic mass is 10.2. The number of rotatable bonds is 2. The highest BCUT2D eigenvalue weighted by Crippen LogP contribution is 2.61. The number of halogens is 7. The van der Waals surface area contributed by atoms with E-state index in [1.165, 1.54) is 11.0 Å². The molecule has 0 amide bonds. The van der Waals surface area contributed by atoms with Crippen LogP contribution in [0.4, 0.5) is 13.2 Å². The smallest absolute Gasteiger partial charge is 0.219 e. The first-order chi connectivity index (χ1) is 10.1. The predicted molar refractivity (Wildman–Crippen MR) is 84.3 cm³/mol. The highest BCUT2D eigenvalue weighted by Gasteiger charge is 2.53. The topological polar surface area (TPSA) is 30.7 Å². The maximum Gasteiger partial charge on any atom is 0.416 e. The van der Waals surface area contributed by atoms with Crippen LogP contribution in [0.5, 0.6) is 0 Å². The van der Waals surface area contributed by atoms with E-state index in [0.29, 0.717) is 5.82 Å². The van der Waals surface area contributed by atoms with Gasteiger partial charge < -0.3 is 0 Å². The standard InChI is InChI=1S/C12H6Br2Cl2F3N3/c13-11(14)3-6(11)10-20-4-22(21-10)9-7(15)1-5(2-8(9)16)12(17,18)19/h1-2,4,6H,3H2. The summed E-state index contributed by atoms with van der Waals surface area (Å²) in [6.45, 7) is 0. The number of hydrogen-bond donors (Lipinski definition) is 0. The van der Waals surface area contributed by atoms with E-state index in [-0.39, 0.29) is 24.9 Å². The van der Waals surface area contributed by atoms with Gasteiger partial charge in [0.1, 0.15) is 12.0 Å². The Hall–Kier alpha value is -0.310. The van der Waals surface area contributed by atoms with E-state index in [9.17, 15) is 13.2 Å². The molecular formula is C12H6Br2Cl2F3N3. The summed E-state index contributed by atoms with van der Waals surface area (Å²) in [6, 6.07) is 1.64. The number of benzene rings is 1. The highest BCUT2D eigenvalue weighted by molar-refractivity contribution is 9.25. The van der Waals surface area contributed by atoms with Gasteiger partial charge >= 0.3 is 6.18 Å². The molecule has 2 aromatic rings. The van der Waals surface area contributed by atoms with Gasteiger partial charge in [-0.1, -0.05) is 55.1 Å². The van der Waals surface area contributed by atoms with Crippen molar-refractivity contribution < 1.29 is 13.2 Å². The van der Waals surface area contributed by atoms with Gasteiger partial charge in [-0.25, -0.2) is 9.67 Å². The summed E-state index contributed by atoms with van der Waals surface area (Å²) in [4.78, 5) is 4.16. The van der Waals surface area contributed by atoms with Crippen molar-refractivity contribution in [1.29, 1.82) is 0 Å². The van der Waals surface area contributed by atoms with Crippen molar-refractivity contribution >= 4 is 55.1 Å². The Kier molecular flexibility index (Phi) is 4.03. The quantitative estimate of drug-likeness (QED) is 0.527. The molecule has 0 aliphatic heterocycles. The lowest BCUT2D eigenvalue weighted by Crippen LogP contribution is -2.07. The van der Waals surface area contributed by atoms with Crippen molar-refractivity contribution in [2.45, 2.75) is 21.7 Å². The van der Waals surface area contributed by atoms with Crippen LogP contribution in [-0.2, 0) is 6.18 Å². The molecule has 22 heavy (non-hydrogen) atoms. The molecule has 0 bridgehead atoms. The van der Waals surface area contributed by atoms with Crippen molar-refractivity contribution in [2.75, 3.05) is 0 Å². The first-order valence-corrected chi connectivity index (χ1v) is 8.30. The van der Waals surface area contributed by atoms with Gasteiger partial charge in [-0.3, -0.25) is 0 Å². The molecule has 1 aromatic carbocycles. The molecule has 3 rings (SSSR count). The van der Waals surface area contributed by atoms with Crippen molar-refractivity contribution in [2.24, 2.45) is 0 Å². The van der Waals surface area contributed by atoms with Crippen LogP contribution in [0.25, 0.3) is 5.69 Å². The zero-order valence-electron chi connectivity index (χ0n) is 10.5. The molecule has 118 valence electrons. The minimum atomic E-state index is -4.52. The Bertz CT molecular complexity index is 722. The van der Waals surface area contributed by atoms with E-state index in [1.54, 1.807) is 0 Å². The van der Waals surface area contributed by atoms with E-state index in [2.05, 4.69) is 41.9 Å². The summed E-state index contributed by atoms with van der Waals surface area (Å²) in [5.74, 6) is 0.640. The zero-order chi connectivity index (χ0) is 16.3. The highest BCUT2D eigenvalue weighted by atomic mass is 79.9. The van der Waals surface area contributed by atoms with Crippen molar-refractivity contribution in [1.82, 2.24) is 14.8 Å². The van der Waals surface area contributed by atoms with Crippen LogP contribution in [0, 0.1) is 0 Å². The van der Waals surface area contributed by atoms with Gasteiger partial charge in [-0.2, -0.15) is 18.3 Å². The fourth-order valence-corrected chi connectivity index (χ4v) is 3.70. The lowest BCUT2D eigenvalue weighted by molar-refractivity contribution is -0.137. The molecule has 0 radical (unpaired) electrons. The second-order valence-electron chi connectivity index (χ2n) is 4.85. The Morgan fingerprint density at radius 1 is 1.23 bits per heavy atom. The summed E-state index contributed by atoms with van der Waals surface area (Å²) in [5, 5.41) is 3.96. The van der Waals surface area contributed by atoms with Gasteiger partial charge in [0.2, 0.25) is 0 Å². The fraction of sp³-hybridized carbons (Fsp3) is 0.333. The van der Waals surface area contributed by atoms with E-state index in [4.69, 9.17) is 23.2 Å². The van der Waals surface area contributed by atoms with Crippen molar-refractivity contribution in [3.63, 3.8) is 0 Å². The predicted octanol–water partition coefficient (Wildman–Crippen LogP) is 5.57. The number of nitrogens with zero attached hydrogens (tertiary/aromatic N) is 3. The summed E-state index contributed by atoms with van der Waals surface area (Å²) < 4.78 is 39.2. The first kappa shape index (κ1) is 16.5. The van der Waals surface area contributed by atoms with Crippen LogP contribution in [0.3, 0.4) is 0 Å². The van der Waals surface area contributed by atoms with Crippen LogP contribution in [0.1, 0.15) is 23.7 Å². The third-order valence-electron chi connectivity index (χ3n) is 3.22. The van der Waals surface area contributed by atoms with Gasteiger partial charge in [0.15, 0.2) is 5.82 Å². The number of hydrogen-bond acceptors (Lipinski definition) is 2. The Morgan fingerprint density at radius 3 is 2.23 bits per heavy atom. The van der Waals surface area contributed by atoms with E-state index >= 15 is 0 Å². The first-order valence-electron chi connectivity index (χ1n) is 5.95. The summed E-state index contributed by atoms with van der Waals surface area (Å²) in [5.41, 5.74) is -0.737. The molecular weight excluding hydrogens is 474 g/mol. The molecule has 1 aliphatic carbocycles. The van der Waals surface area contributed by atoms with Gasteiger partial charge in [0.05, 0.1) is 18.8 Å². The normalized spacial score (nSPS) is 20.2. The molecule has 0 spiro atoms. The number of aromatic nitrogens is 3. The van der Waals surface area contributed by atoms with E-state index in [1.807, 2.05) is 0 Å². The van der Waals surface area contributed by atoms with Gasteiger partial charge in [-0.15, -0.1) is 0 Å². The third-order valence-corrected chi connectivity index (χ3v) is 5.55. The lowest BCUT2D eigenvalue weighted by Gasteiger charge is -2.11. The van der Waals surface area contributed by atoms with Crippen LogP contribution in [0.15, 0.2) is 18.5 Å². The van der Waals surface area contributed by atoms with Crippen molar-refractivity contribution in [3.05, 3.63) is 39.9 Å². The molecule has 1 aliphatic rings. The minimum absolute atomic E-state index is 0.0840. The van der Waals surface area contributed by atoms with Crippen LogP contribution in [0.2, 0.25) is 10.0 Å². The van der Waals surface area contributed by atoms with Crippen LogP contribution < -0.4 is 0 Å². The van der Waals surface area contributed by atoms with Gasteiger partial charge in [-0.05, 0) is 18.6 Å². The van der Waals surface area contributed by atoms with Crippen LogP contribution >= 0.6 is 55.1 Å². The van der Waals surface area contributed by atoms with Crippen molar-refractivity contribution in [3.8, 4) is 5.69 Å². The zero-order valence-corrected chi connectivity index (χ0v) is 15.2. The average Bonchev–Trinajstić information content (AvgIpc) is 2.82. The minimum Gasteiger partial charge on any atom is -0.219 e. The third kappa shape index (κ3) is 3.02. The molecule has 1 unspecified atom stereocenters. The Morgan fingerprint density at radius 2 is 1.77 bits per heavy atom. The molecule has 1 aromatic heterocycles. The van der Waals surface area contributed by atoms with Gasteiger partial charge in [0, 0.05) is 5.92 Å². The maximum absolute atomic E-state index is 12.7. The summed E-state index contributed by atoms with van der Waals surface area (Å²) in [7, 11) is 0. The second-order valence-corrected chi connectivity index (χ2v) is 9.56. The molecule has 1 heterocycles. The molecule has 0 N–H and O–H groups in total. The molecule has 3 nitrogen and oxygen atoms in total. The van der Waals surface area contributed by atoms with Gasteiger partial charge in [0.25, 0.3) is 0 Å². The number of alkyl halides is 5. The van der Waals surface area contributed by atoms with E-state index < -0.39 is 11.7 Å². The Labute approximate surface area is 150 Å². The maximum atomic E-state index is 12.7. The molecule has 10 heteroatoms. The second kappa shape index (κ2) is 5.36. The fourth-order valence-electron chi connectivity index (χ4n) is 1.98. The Balaban J connectivity index is 1.99. The largest absolute Gasteiger partial charge is 0.416 e. The molecule has 1 fully saturated rings. The molecule has 1 atom stereocenters. The molecule has 1 saturated carbocycles. The average molecular weight is 480 g/mol. The SMILES string of the molecule is FC(F)(F)c1cc(Cl)c(-n2cnc(C3CC3(Br)Br)n2)c(Cl)c1. The monoisotopic (exact) mass is 477 g/mol. The summed E-state index contributed by atoms with van der Waals surface area (Å²) in [6.07, 6.45) is -2.32. The van der Waals surface area contributed by atoms with E-state index in [0.717, 1.165) is 18.6 Å². The summed E-state index contributed by atoms with van der Waals surface area (Å²) >= 11 is 18.8. The van der Waals surface area contributed by atoms with Crippen LogP contribution in [-0.4, -0.2) is 18.0 Å². The molecule has 0 saturated heterocycles.